The largest absolute Gasteiger partial charge is 0.378 e. The summed E-state index contributed by atoms with van der Waals surface area (Å²) in [5.41, 5.74) is 2.44. The number of aryl methyl sites for hydroxylation is 1. The summed E-state index contributed by atoms with van der Waals surface area (Å²) in [7, 11) is 4.08. The van der Waals surface area contributed by atoms with Crippen LogP contribution in [0.5, 0.6) is 0 Å². The first-order valence-corrected chi connectivity index (χ1v) is 7.60. The van der Waals surface area contributed by atoms with Crippen LogP contribution in [0.15, 0.2) is 24.3 Å². The van der Waals surface area contributed by atoms with E-state index in [4.69, 9.17) is 0 Å². The van der Waals surface area contributed by atoms with Crippen LogP contribution < -0.4 is 4.90 Å². The lowest BCUT2D eigenvalue weighted by Gasteiger charge is -2.31. The molecule has 0 aromatic heterocycles. The SMILES string of the molecule is CC1CCCN(C(=O)CCc2ccc(N(C)C)cc2)C1. The van der Waals surface area contributed by atoms with Crippen molar-refractivity contribution in [3.63, 3.8) is 0 Å². The molecule has 1 aromatic rings. The zero-order chi connectivity index (χ0) is 14.5. The van der Waals surface area contributed by atoms with Gasteiger partial charge in [0.25, 0.3) is 0 Å². The summed E-state index contributed by atoms with van der Waals surface area (Å²) in [6.45, 7) is 4.13. The molecule has 1 unspecified atom stereocenters. The molecule has 0 aliphatic carbocycles. The molecule has 1 aliphatic rings. The minimum atomic E-state index is 0.313. The van der Waals surface area contributed by atoms with E-state index in [9.17, 15) is 4.79 Å². The fourth-order valence-corrected chi connectivity index (χ4v) is 2.79. The Morgan fingerprint density at radius 1 is 1.30 bits per heavy atom. The maximum absolute atomic E-state index is 12.2. The van der Waals surface area contributed by atoms with Crippen LogP contribution in [-0.2, 0) is 11.2 Å². The summed E-state index contributed by atoms with van der Waals surface area (Å²) in [6, 6.07) is 8.48. The third-order valence-corrected chi connectivity index (χ3v) is 4.09. The van der Waals surface area contributed by atoms with Crippen molar-refractivity contribution in [3.8, 4) is 0 Å². The van der Waals surface area contributed by atoms with Crippen LogP contribution in [0.1, 0.15) is 31.7 Å². The van der Waals surface area contributed by atoms with Gasteiger partial charge in [-0.1, -0.05) is 19.1 Å². The smallest absolute Gasteiger partial charge is 0.222 e. The second-order valence-corrected chi connectivity index (χ2v) is 6.15. The Labute approximate surface area is 122 Å². The summed E-state index contributed by atoms with van der Waals surface area (Å²) >= 11 is 0. The van der Waals surface area contributed by atoms with Gasteiger partial charge in [0, 0.05) is 39.3 Å². The van der Waals surface area contributed by atoms with E-state index >= 15 is 0 Å². The first-order chi connectivity index (χ1) is 9.56. The van der Waals surface area contributed by atoms with Gasteiger partial charge in [0.15, 0.2) is 0 Å². The Kier molecular flexibility index (Phi) is 5.05. The fraction of sp³-hybridized carbons (Fsp3) is 0.588. The third kappa shape index (κ3) is 3.99. The summed E-state index contributed by atoms with van der Waals surface area (Å²) in [4.78, 5) is 16.3. The first kappa shape index (κ1) is 14.9. The Bertz CT molecular complexity index is 439. The van der Waals surface area contributed by atoms with Crippen molar-refractivity contribution in [2.75, 3.05) is 32.1 Å². The van der Waals surface area contributed by atoms with Gasteiger partial charge in [0.05, 0.1) is 0 Å². The molecule has 20 heavy (non-hydrogen) atoms. The molecule has 1 aliphatic heterocycles. The minimum Gasteiger partial charge on any atom is -0.378 e. The molecule has 1 heterocycles. The van der Waals surface area contributed by atoms with Crippen molar-refractivity contribution < 1.29 is 4.79 Å². The zero-order valence-electron chi connectivity index (χ0n) is 12.9. The van der Waals surface area contributed by atoms with E-state index in [2.05, 4.69) is 36.1 Å². The number of carbonyl (C=O) groups excluding carboxylic acids is 1. The highest BCUT2D eigenvalue weighted by Gasteiger charge is 2.20. The highest BCUT2D eigenvalue weighted by Crippen LogP contribution is 2.17. The number of likely N-dealkylation sites (tertiary alicyclic amines) is 1. The molecule has 0 saturated carbocycles. The lowest BCUT2D eigenvalue weighted by Crippen LogP contribution is -2.39. The van der Waals surface area contributed by atoms with E-state index < -0.39 is 0 Å². The van der Waals surface area contributed by atoms with Crippen molar-refractivity contribution in [3.05, 3.63) is 29.8 Å². The quantitative estimate of drug-likeness (QED) is 0.843. The molecular weight excluding hydrogens is 248 g/mol. The number of carbonyl (C=O) groups is 1. The minimum absolute atomic E-state index is 0.313. The van der Waals surface area contributed by atoms with Gasteiger partial charge in [0.2, 0.25) is 5.91 Å². The van der Waals surface area contributed by atoms with Gasteiger partial charge in [-0.2, -0.15) is 0 Å². The Morgan fingerprint density at radius 2 is 2.00 bits per heavy atom. The summed E-state index contributed by atoms with van der Waals surface area (Å²) in [5, 5.41) is 0. The molecule has 1 aromatic carbocycles. The summed E-state index contributed by atoms with van der Waals surface area (Å²) in [6.07, 6.45) is 3.89. The fourth-order valence-electron chi connectivity index (χ4n) is 2.79. The molecule has 1 atom stereocenters. The number of hydrogen-bond donors (Lipinski definition) is 0. The maximum Gasteiger partial charge on any atom is 0.222 e. The predicted molar refractivity (Wildman–Crippen MR) is 84.1 cm³/mol. The van der Waals surface area contributed by atoms with Crippen molar-refractivity contribution in [2.24, 2.45) is 5.92 Å². The number of piperidine rings is 1. The molecule has 1 saturated heterocycles. The van der Waals surface area contributed by atoms with Crippen LogP contribution in [0, 0.1) is 5.92 Å². The first-order valence-electron chi connectivity index (χ1n) is 7.60. The van der Waals surface area contributed by atoms with Gasteiger partial charge < -0.3 is 9.80 Å². The van der Waals surface area contributed by atoms with Crippen LogP contribution in [0.3, 0.4) is 0 Å². The van der Waals surface area contributed by atoms with Crippen LogP contribution in [0.4, 0.5) is 5.69 Å². The highest BCUT2D eigenvalue weighted by atomic mass is 16.2. The lowest BCUT2D eigenvalue weighted by atomic mass is 9.99. The molecule has 3 nitrogen and oxygen atoms in total. The molecule has 0 spiro atoms. The molecule has 1 fully saturated rings. The van der Waals surface area contributed by atoms with Crippen molar-refractivity contribution in [1.29, 1.82) is 0 Å². The van der Waals surface area contributed by atoms with E-state index in [0.29, 0.717) is 18.2 Å². The summed E-state index contributed by atoms with van der Waals surface area (Å²) in [5.74, 6) is 0.973. The van der Waals surface area contributed by atoms with Gasteiger partial charge >= 0.3 is 0 Å². The van der Waals surface area contributed by atoms with Crippen molar-refractivity contribution in [2.45, 2.75) is 32.6 Å². The molecule has 3 heteroatoms. The molecule has 110 valence electrons. The second kappa shape index (κ2) is 6.78. The van der Waals surface area contributed by atoms with E-state index in [-0.39, 0.29) is 0 Å². The predicted octanol–water partition coefficient (Wildman–Crippen LogP) is 2.94. The van der Waals surface area contributed by atoms with Crippen LogP contribution in [-0.4, -0.2) is 38.0 Å². The monoisotopic (exact) mass is 274 g/mol. The van der Waals surface area contributed by atoms with Crippen LogP contribution in [0.25, 0.3) is 0 Å². The number of benzene rings is 1. The topological polar surface area (TPSA) is 23.6 Å². The average molecular weight is 274 g/mol. The Morgan fingerprint density at radius 3 is 2.60 bits per heavy atom. The van der Waals surface area contributed by atoms with E-state index in [1.165, 1.54) is 17.7 Å². The molecule has 0 radical (unpaired) electrons. The molecule has 0 N–H and O–H groups in total. The van der Waals surface area contributed by atoms with Gasteiger partial charge in [-0.05, 0) is 42.9 Å². The number of hydrogen-bond acceptors (Lipinski definition) is 2. The average Bonchev–Trinajstić information content (AvgIpc) is 2.45. The molecular formula is C17H26N2O. The number of anilines is 1. The highest BCUT2D eigenvalue weighted by molar-refractivity contribution is 5.76. The number of rotatable bonds is 4. The molecule has 1 amide bonds. The van der Waals surface area contributed by atoms with Gasteiger partial charge in [-0.15, -0.1) is 0 Å². The Hall–Kier alpha value is -1.51. The van der Waals surface area contributed by atoms with Crippen molar-refractivity contribution >= 4 is 11.6 Å². The third-order valence-electron chi connectivity index (χ3n) is 4.09. The molecule has 0 bridgehead atoms. The number of amides is 1. The summed E-state index contributed by atoms with van der Waals surface area (Å²) < 4.78 is 0. The van der Waals surface area contributed by atoms with Crippen LogP contribution in [0.2, 0.25) is 0 Å². The maximum atomic E-state index is 12.2. The second-order valence-electron chi connectivity index (χ2n) is 6.15. The molecule has 2 rings (SSSR count). The van der Waals surface area contributed by atoms with E-state index in [0.717, 1.165) is 25.9 Å². The van der Waals surface area contributed by atoms with Crippen LogP contribution >= 0.6 is 0 Å². The van der Waals surface area contributed by atoms with Crippen molar-refractivity contribution in [1.82, 2.24) is 4.90 Å². The van der Waals surface area contributed by atoms with Gasteiger partial charge in [-0.3, -0.25) is 4.79 Å². The van der Waals surface area contributed by atoms with Gasteiger partial charge in [-0.25, -0.2) is 0 Å². The van der Waals surface area contributed by atoms with Gasteiger partial charge in [0.1, 0.15) is 0 Å². The lowest BCUT2D eigenvalue weighted by molar-refractivity contribution is -0.132. The van der Waals surface area contributed by atoms with E-state index in [1.54, 1.807) is 0 Å². The van der Waals surface area contributed by atoms with E-state index in [1.807, 2.05) is 19.0 Å². The zero-order valence-corrected chi connectivity index (χ0v) is 12.9. The normalized spacial score (nSPS) is 18.9. The number of nitrogens with zero attached hydrogens (tertiary/aromatic N) is 2. The Balaban J connectivity index is 1.83. The standard InChI is InChI=1S/C17H26N2O/c1-14-5-4-12-19(13-14)17(20)11-8-15-6-9-16(10-7-15)18(2)3/h6-7,9-10,14H,4-5,8,11-13H2,1-3H3.